The van der Waals surface area contributed by atoms with Crippen molar-refractivity contribution in [1.82, 2.24) is 0 Å². The molecule has 1 aromatic heterocycles. The molecule has 1 N–H and O–H groups in total. The minimum atomic E-state index is -0.717. The van der Waals surface area contributed by atoms with Crippen LogP contribution in [0.2, 0.25) is 0 Å². The molecule has 0 fully saturated rings. The highest BCUT2D eigenvalue weighted by Gasteiger charge is 2.16. The Balaban J connectivity index is 1.93. The second kappa shape index (κ2) is 7.09. The zero-order valence-corrected chi connectivity index (χ0v) is 13.9. The van der Waals surface area contributed by atoms with E-state index in [4.69, 9.17) is 13.9 Å². The van der Waals surface area contributed by atoms with Gasteiger partial charge in [-0.1, -0.05) is 12.1 Å². The van der Waals surface area contributed by atoms with E-state index in [1.54, 1.807) is 49.6 Å². The number of para-hydroxylation sites is 1. The lowest BCUT2D eigenvalue weighted by Gasteiger charge is -2.08. The average Bonchev–Trinajstić information content (AvgIpc) is 2.62. The summed E-state index contributed by atoms with van der Waals surface area (Å²) in [6, 6.07) is 13.6. The van der Waals surface area contributed by atoms with Gasteiger partial charge in [-0.2, -0.15) is 0 Å². The van der Waals surface area contributed by atoms with Gasteiger partial charge in [0.15, 0.2) is 11.3 Å². The fourth-order valence-electron chi connectivity index (χ4n) is 2.42. The van der Waals surface area contributed by atoms with Crippen molar-refractivity contribution in [3.8, 4) is 11.5 Å². The van der Waals surface area contributed by atoms with Gasteiger partial charge >= 0.3 is 5.63 Å². The SMILES string of the molecule is CCOc1cccc2cc(C(=O)Nc3ccc(OC)cc3)c(=O)oc12. The van der Waals surface area contributed by atoms with E-state index in [2.05, 4.69) is 5.32 Å². The molecule has 0 spiro atoms. The van der Waals surface area contributed by atoms with E-state index in [0.717, 1.165) is 0 Å². The Kier molecular flexibility index (Phi) is 4.70. The first kappa shape index (κ1) is 16.6. The molecule has 3 aromatic rings. The Labute approximate surface area is 144 Å². The van der Waals surface area contributed by atoms with Crippen molar-refractivity contribution in [2.24, 2.45) is 0 Å². The van der Waals surface area contributed by atoms with E-state index in [9.17, 15) is 9.59 Å². The van der Waals surface area contributed by atoms with Crippen LogP contribution in [0.3, 0.4) is 0 Å². The van der Waals surface area contributed by atoms with Gasteiger partial charge in [-0.25, -0.2) is 4.79 Å². The highest BCUT2D eigenvalue weighted by atomic mass is 16.5. The number of carbonyl (C=O) groups excluding carboxylic acids is 1. The number of anilines is 1. The largest absolute Gasteiger partial charge is 0.497 e. The summed E-state index contributed by atoms with van der Waals surface area (Å²) in [6.07, 6.45) is 0. The molecule has 1 amide bonds. The van der Waals surface area contributed by atoms with Crippen molar-refractivity contribution in [2.75, 3.05) is 19.0 Å². The van der Waals surface area contributed by atoms with Crippen molar-refractivity contribution < 1.29 is 18.7 Å². The standard InChI is InChI=1S/C19H17NO5/c1-3-24-16-6-4-5-12-11-15(19(22)25-17(12)16)18(21)20-13-7-9-14(23-2)10-8-13/h4-11H,3H2,1-2H3,(H,20,21). The summed E-state index contributed by atoms with van der Waals surface area (Å²) < 4.78 is 15.8. The molecular formula is C19H17NO5. The second-order valence-electron chi connectivity index (χ2n) is 5.24. The number of hydrogen-bond acceptors (Lipinski definition) is 5. The smallest absolute Gasteiger partial charge is 0.349 e. The van der Waals surface area contributed by atoms with Gasteiger partial charge in [0.1, 0.15) is 11.3 Å². The molecule has 0 aliphatic heterocycles. The molecule has 0 radical (unpaired) electrons. The third kappa shape index (κ3) is 3.47. The van der Waals surface area contributed by atoms with Gasteiger partial charge < -0.3 is 19.2 Å². The molecule has 25 heavy (non-hydrogen) atoms. The Morgan fingerprint density at radius 1 is 1.16 bits per heavy atom. The van der Waals surface area contributed by atoms with Crippen molar-refractivity contribution in [3.05, 3.63) is 64.5 Å². The van der Waals surface area contributed by atoms with E-state index in [-0.39, 0.29) is 5.56 Å². The highest BCUT2D eigenvalue weighted by Crippen LogP contribution is 2.25. The van der Waals surface area contributed by atoms with Gasteiger partial charge in [0.2, 0.25) is 0 Å². The molecular weight excluding hydrogens is 322 g/mol. The topological polar surface area (TPSA) is 77.8 Å². The number of rotatable bonds is 5. The Morgan fingerprint density at radius 3 is 2.60 bits per heavy atom. The van der Waals surface area contributed by atoms with Gasteiger partial charge in [0.25, 0.3) is 5.91 Å². The van der Waals surface area contributed by atoms with Crippen LogP contribution in [0.4, 0.5) is 5.69 Å². The van der Waals surface area contributed by atoms with Crippen LogP contribution >= 0.6 is 0 Å². The van der Waals surface area contributed by atoms with Crippen molar-refractivity contribution >= 4 is 22.6 Å². The van der Waals surface area contributed by atoms with Crippen LogP contribution in [-0.4, -0.2) is 19.6 Å². The monoisotopic (exact) mass is 339 g/mol. The molecule has 0 unspecified atom stereocenters. The van der Waals surface area contributed by atoms with E-state index in [1.807, 2.05) is 6.92 Å². The van der Waals surface area contributed by atoms with E-state index in [1.165, 1.54) is 6.07 Å². The molecule has 3 rings (SSSR count). The lowest BCUT2D eigenvalue weighted by molar-refractivity contribution is 0.102. The van der Waals surface area contributed by atoms with Crippen LogP contribution in [0, 0.1) is 0 Å². The first-order valence-electron chi connectivity index (χ1n) is 7.77. The van der Waals surface area contributed by atoms with Crippen LogP contribution < -0.4 is 20.4 Å². The fraction of sp³-hybridized carbons (Fsp3) is 0.158. The molecule has 0 bridgehead atoms. The molecule has 2 aromatic carbocycles. The van der Waals surface area contributed by atoms with E-state index in [0.29, 0.717) is 34.8 Å². The van der Waals surface area contributed by atoms with Crippen molar-refractivity contribution in [2.45, 2.75) is 6.92 Å². The number of hydrogen-bond donors (Lipinski definition) is 1. The van der Waals surface area contributed by atoms with Gasteiger partial charge in [0.05, 0.1) is 13.7 Å². The third-order valence-corrected chi connectivity index (χ3v) is 3.62. The van der Waals surface area contributed by atoms with E-state index >= 15 is 0 Å². The number of fused-ring (bicyclic) bond motifs is 1. The van der Waals surface area contributed by atoms with Crippen LogP contribution in [0.15, 0.2) is 57.7 Å². The molecule has 128 valence electrons. The average molecular weight is 339 g/mol. The van der Waals surface area contributed by atoms with Crippen LogP contribution in [0.25, 0.3) is 11.0 Å². The first-order valence-corrected chi connectivity index (χ1v) is 7.77. The molecule has 0 atom stereocenters. The lowest BCUT2D eigenvalue weighted by Crippen LogP contribution is -2.20. The van der Waals surface area contributed by atoms with Gasteiger partial charge in [-0.3, -0.25) is 4.79 Å². The molecule has 0 aliphatic rings. The maximum Gasteiger partial charge on any atom is 0.349 e. The summed E-state index contributed by atoms with van der Waals surface area (Å²) in [7, 11) is 1.56. The third-order valence-electron chi connectivity index (χ3n) is 3.62. The highest BCUT2D eigenvalue weighted by molar-refractivity contribution is 6.05. The molecule has 0 saturated heterocycles. The van der Waals surface area contributed by atoms with Crippen LogP contribution in [0.5, 0.6) is 11.5 Å². The lowest BCUT2D eigenvalue weighted by atomic mass is 10.1. The maximum absolute atomic E-state index is 12.4. The molecule has 0 saturated carbocycles. The molecule has 0 aliphatic carbocycles. The molecule has 1 heterocycles. The molecule has 6 heteroatoms. The quantitative estimate of drug-likeness (QED) is 0.720. The van der Waals surface area contributed by atoms with Crippen molar-refractivity contribution in [3.63, 3.8) is 0 Å². The van der Waals surface area contributed by atoms with E-state index < -0.39 is 11.5 Å². The number of carbonyl (C=O) groups is 1. The number of methoxy groups -OCH3 is 1. The van der Waals surface area contributed by atoms with Gasteiger partial charge in [-0.15, -0.1) is 0 Å². The summed E-state index contributed by atoms with van der Waals surface area (Å²) in [5.74, 6) is 0.605. The normalized spacial score (nSPS) is 10.5. The summed E-state index contributed by atoms with van der Waals surface area (Å²) in [4.78, 5) is 24.6. The van der Waals surface area contributed by atoms with Crippen LogP contribution in [-0.2, 0) is 0 Å². The van der Waals surface area contributed by atoms with Crippen molar-refractivity contribution in [1.29, 1.82) is 0 Å². The number of ether oxygens (including phenoxy) is 2. The minimum absolute atomic E-state index is 0.0723. The Hall–Kier alpha value is -3.28. The maximum atomic E-state index is 12.4. The summed E-state index contributed by atoms with van der Waals surface area (Å²) in [5, 5.41) is 3.29. The second-order valence-corrected chi connectivity index (χ2v) is 5.24. The molecule has 6 nitrogen and oxygen atoms in total. The zero-order chi connectivity index (χ0) is 17.8. The zero-order valence-electron chi connectivity index (χ0n) is 13.9. The predicted molar refractivity (Wildman–Crippen MR) is 94.6 cm³/mol. The number of benzene rings is 2. The summed E-state index contributed by atoms with van der Waals surface area (Å²) >= 11 is 0. The number of amides is 1. The van der Waals surface area contributed by atoms with Gasteiger partial charge in [0, 0.05) is 11.1 Å². The predicted octanol–water partition coefficient (Wildman–Crippen LogP) is 3.45. The minimum Gasteiger partial charge on any atom is -0.497 e. The Morgan fingerprint density at radius 2 is 1.92 bits per heavy atom. The van der Waals surface area contributed by atoms with Gasteiger partial charge in [-0.05, 0) is 43.3 Å². The fourth-order valence-corrected chi connectivity index (χ4v) is 2.42. The van der Waals surface area contributed by atoms with Crippen LogP contribution in [0.1, 0.15) is 17.3 Å². The Bertz CT molecular complexity index is 960. The summed E-state index contributed by atoms with van der Waals surface area (Å²) in [5.41, 5.74) is 0.0892. The summed E-state index contributed by atoms with van der Waals surface area (Å²) in [6.45, 7) is 2.29. The number of nitrogens with one attached hydrogen (secondary N) is 1. The first-order chi connectivity index (χ1) is 12.1.